The molecule has 0 aromatic carbocycles. The number of rotatable bonds is 6. The average Bonchev–Trinajstić information content (AvgIpc) is 2.54. The summed E-state index contributed by atoms with van der Waals surface area (Å²) in [6.07, 6.45) is -2.79. The molecular weight excluding hydrogens is 234 g/mol. The molecule has 1 fully saturated rings. The van der Waals surface area contributed by atoms with Crippen molar-refractivity contribution in [3.63, 3.8) is 0 Å². The van der Waals surface area contributed by atoms with Crippen molar-refractivity contribution in [1.82, 2.24) is 5.32 Å². The number of aliphatic hydroxyl groups is 2. The Morgan fingerprint density at radius 2 is 1.72 bits per heavy atom. The maximum atomic E-state index is 11.6. The lowest BCUT2D eigenvalue weighted by atomic mass is 9.99. The van der Waals surface area contributed by atoms with Crippen molar-refractivity contribution in [3.05, 3.63) is 0 Å². The summed E-state index contributed by atoms with van der Waals surface area (Å²) in [5, 5.41) is 22.9. The number of hydrogen-bond donors (Lipinski definition) is 3. The minimum Gasteiger partial charge on any atom is -0.388 e. The van der Waals surface area contributed by atoms with Crippen LogP contribution >= 0.6 is 0 Å². The van der Waals surface area contributed by atoms with E-state index >= 15 is 0 Å². The second-order valence-corrected chi connectivity index (χ2v) is 5.58. The zero-order valence-corrected chi connectivity index (χ0v) is 11.6. The maximum Gasteiger partial charge on any atom is 0.138 e. The minimum absolute atomic E-state index is 0.0451. The van der Waals surface area contributed by atoms with E-state index in [0.29, 0.717) is 6.54 Å². The van der Waals surface area contributed by atoms with E-state index in [4.69, 9.17) is 4.74 Å². The molecule has 1 saturated heterocycles. The van der Waals surface area contributed by atoms with Crippen LogP contribution in [-0.4, -0.2) is 53.0 Å². The summed E-state index contributed by atoms with van der Waals surface area (Å²) >= 11 is 0. The Labute approximate surface area is 109 Å². The summed E-state index contributed by atoms with van der Waals surface area (Å²) in [5.41, 5.74) is 0. The molecule has 3 N–H and O–H groups in total. The number of carbonyl (C=O) groups excluding carboxylic acids is 1. The van der Waals surface area contributed by atoms with Crippen LogP contribution in [0.3, 0.4) is 0 Å². The van der Waals surface area contributed by atoms with Gasteiger partial charge in [0.25, 0.3) is 0 Å². The summed E-state index contributed by atoms with van der Waals surface area (Å²) < 4.78 is 5.57. The van der Waals surface area contributed by atoms with E-state index in [0.717, 1.165) is 0 Å². The molecule has 0 saturated carbocycles. The van der Waals surface area contributed by atoms with Gasteiger partial charge in [-0.1, -0.05) is 27.7 Å². The molecule has 4 atom stereocenters. The van der Waals surface area contributed by atoms with Gasteiger partial charge in [-0.05, 0) is 0 Å². The van der Waals surface area contributed by atoms with E-state index in [1.54, 1.807) is 0 Å². The highest BCUT2D eigenvalue weighted by atomic mass is 16.5. The molecular formula is C13H25NO4. The van der Waals surface area contributed by atoms with E-state index < -0.39 is 24.4 Å². The summed E-state index contributed by atoms with van der Waals surface area (Å²) in [4.78, 5) is 11.6. The van der Waals surface area contributed by atoms with Crippen LogP contribution < -0.4 is 5.32 Å². The first-order chi connectivity index (χ1) is 8.32. The van der Waals surface area contributed by atoms with Crippen LogP contribution in [0.25, 0.3) is 0 Å². The molecule has 5 heteroatoms. The highest BCUT2D eigenvalue weighted by Gasteiger charge is 2.43. The predicted molar refractivity (Wildman–Crippen MR) is 68.3 cm³/mol. The molecule has 1 aliphatic rings. The van der Waals surface area contributed by atoms with E-state index in [-0.39, 0.29) is 24.2 Å². The third kappa shape index (κ3) is 4.02. The number of hydrogen-bond acceptors (Lipinski definition) is 5. The van der Waals surface area contributed by atoms with Crippen LogP contribution in [-0.2, 0) is 9.53 Å². The molecule has 0 aromatic heterocycles. The minimum atomic E-state index is -0.980. The smallest absolute Gasteiger partial charge is 0.138 e. The molecule has 0 spiro atoms. The van der Waals surface area contributed by atoms with Gasteiger partial charge in [0, 0.05) is 24.9 Å². The maximum absolute atomic E-state index is 11.6. The fourth-order valence-electron chi connectivity index (χ4n) is 1.95. The van der Waals surface area contributed by atoms with Gasteiger partial charge in [-0.3, -0.25) is 4.79 Å². The molecule has 1 heterocycles. The van der Waals surface area contributed by atoms with Crippen LogP contribution in [0.2, 0.25) is 0 Å². The largest absolute Gasteiger partial charge is 0.388 e. The van der Waals surface area contributed by atoms with E-state index in [1.165, 1.54) is 0 Å². The van der Waals surface area contributed by atoms with Crippen LogP contribution in [0.15, 0.2) is 0 Å². The number of carbonyl (C=O) groups is 1. The van der Waals surface area contributed by atoms with Crippen LogP contribution in [0.4, 0.5) is 0 Å². The van der Waals surface area contributed by atoms with Crippen molar-refractivity contribution < 1.29 is 19.7 Å². The topological polar surface area (TPSA) is 78.8 Å². The summed E-state index contributed by atoms with van der Waals surface area (Å²) in [5.74, 6) is -0.0329. The zero-order valence-electron chi connectivity index (χ0n) is 11.6. The molecule has 0 aromatic rings. The molecule has 18 heavy (non-hydrogen) atoms. The lowest BCUT2D eigenvalue weighted by molar-refractivity contribution is -0.125. The molecule has 0 amide bonds. The monoisotopic (exact) mass is 259 g/mol. The number of nitrogens with one attached hydrogen (secondary N) is 1. The fourth-order valence-corrected chi connectivity index (χ4v) is 1.95. The average molecular weight is 259 g/mol. The Morgan fingerprint density at radius 1 is 1.17 bits per heavy atom. The van der Waals surface area contributed by atoms with Crippen LogP contribution in [0.1, 0.15) is 34.1 Å². The zero-order chi connectivity index (χ0) is 13.9. The normalized spacial score (nSPS) is 32.4. The molecule has 1 rings (SSSR count). The summed E-state index contributed by atoms with van der Waals surface area (Å²) in [6.45, 7) is 8.10. The van der Waals surface area contributed by atoms with Crippen molar-refractivity contribution in [3.8, 4) is 0 Å². The van der Waals surface area contributed by atoms with Gasteiger partial charge in [0.2, 0.25) is 0 Å². The van der Waals surface area contributed by atoms with Crippen LogP contribution in [0.5, 0.6) is 0 Å². The first kappa shape index (κ1) is 15.6. The Bertz CT molecular complexity index is 280. The third-order valence-electron chi connectivity index (χ3n) is 3.23. The SMILES string of the molecule is CC(C)NC[C@H]1O[C@@H](CC(=O)C(C)C)C(O)C1O. The summed E-state index contributed by atoms with van der Waals surface area (Å²) in [7, 11) is 0. The number of ether oxygens (including phenoxy) is 1. The fraction of sp³-hybridized carbons (Fsp3) is 0.923. The molecule has 2 unspecified atom stereocenters. The van der Waals surface area contributed by atoms with Crippen molar-refractivity contribution >= 4 is 5.78 Å². The quantitative estimate of drug-likeness (QED) is 0.630. The molecule has 106 valence electrons. The van der Waals surface area contributed by atoms with Gasteiger partial charge in [0.05, 0.1) is 12.2 Å². The Morgan fingerprint density at radius 3 is 2.22 bits per heavy atom. The van der Waals surface area contributed by atoms with E-state index in [9.17, 15) is 15.0 Å². The van der Waals surface area contributed by atoms with Crippen molar-refractivity contribution in [2.75, 3.05) is 6.54 Å². The molecule has 1 aliphatic heterocycles. The van der Waals surface area contributed by atoms with Crippen molar-refractivity contribution in [2.24, 2.45) is 5.92 Å². The Balaban J connectivity index is 2.50. The number of aliphatic hydroxyl groups excluding tert-OH is 2. The Kier molecular flexibility index (Phi) is 5.72. The lowest BCUT2D eigenvalue weighted by Gasteiger charge is -2.17. The van der Waals surface area contributed by atoms with E-state index in [1.807, 2.05) is 27.7 Å². The predicted octanol–water partition coefficient (Wildman–Crippen LogP) is 0.0888. The second kappa shape index (κ2) is 6.61. The molecule has 0 radical (unpaired) electrons. The molecule has 0 bridgehead atoms. The van der Waals surface area contributed by atoms with E-state index in [2.05, 4.69) is 5.32 Å². The van der Waals surface area contributed by atoms with Gasteiger partial charge in [-0.25, -0.2) is 0 Å². The number of Topliss-reactive ketones (excluding diaryl/α,β-unsaturated/α-hetero) is 1. The van der Waals surface area contributed by atoms with Gasteiger partial charge < -0.3 is 20.3 Å². The number of ketones is 1. The van der Waals surface area contributed by atoms with Gasteiger partial charge in [-0.2, -0.15) is 0 Å². The van der Waals surface area contributed by atoms with Crippen molar-refractivity contribution in [1.29, 1.82) is 0 Å². The first-order valence-corrected chi connectivity index (χ1v) is 6.60. The lowest BCUT2D eigenvalue weighted by Crippen LogP contribution is -2.40. The molecule has 0 aliphatic carbocycles. The first-order valence-electron chi connectivity index (χ1n) is 6.60. The third-order valence-corrected chi connectivity index (χ3v) is 3.23. The van der Waals surface area contributed by atoms with Gasteiger partial charge in [0.15, 0.2) is 0 Å². The second-order valence-electron chi connectivity index (χ2n) is 5.58. The highest BCUT2D eigenvalue weighted by molar-refractivity contribution is 5.80. The van der Waals surface area contributed by atoms with Gasteiger partial charge >= 0.3 is 0 Å². The highest BCUT2D eigenvalue weighted by Crippen LogP contribution is 2.24. The molecule has 5 nitrogen and oxygen atoms in total. The Hall–Kier alpha value is -0.490. The van der Waals surface area contributed by atoms with Crippen molar-refractivity contribution in [2.45, 2.75) is 64.6 Å². The van der Waals surface area contributed by atoms with Crippen LogP contribution in [0, 0.1) is 5.92 Å². The van der Waals surface area contributed by atoms with Gasteiger partial charge in [0.1, 0.15) is 18.0 Å². The summed E-state index contributed by atoms with van der Waals surface area (Å²) in [6, 6.07) is 0.286. The van der Waals surface area contributed by atoms with Gasteiger partial charge in [-0.15, -0.1) is 0 Å². The standard InChI is InChI=1S/C13H25NO4/c1-7(2)9(15)5-10-12(16)13(17)11(18-10)6-14-8(3)4/h7-8,10-14,16-17H,5-6H2,1-4H3/t10-,11+,12?,13?/m0/s1.